The standard InChI is InChI=1S/C19H24N2O4/c1-19(2,3)25-18(23)21-14-8-9-15(20)17(12-14)24-16-7-5-4-6-13(16)10-11-22/h4-9,12,22H,10-11,20H2,1-3H3,(H,21,23). The van der Waals surface area contributed by atoms with Gasteiger partial charge >= 0.3 is 6.09 Å². The van der Waals surface area contributed by atoms with Crippen molar-refractivity contribution in [3.63, 3.8) is 0 Å². The molecule has 25 heavy (non-hydrogen) atoms. The summed E-state index contributed by atoms with van der Waals surface area (Å²) in [4.78, 5) is 11.9. The predicted molar refractivity (Wildman–Crippen MR) is 98.0 cm³/mol. The summed E-state index contributed by atoms with van der Waals surface area (Å²) >= 11 is 0. The molecule has 0 bridgehead atoms. The van der Waals surface area contributed by atoms with Crippen LogP contribution in [0, 0.1) is 0 Å². The van der Waals surface area contributed by atoms with Crippen molar-refractivity contribution in [3.05, 3.63) is 48.0 Å². The van der Waals surface area contributed by atoms with Crippen LogP contribution in [-0.2, 0) is 11.2 Å². The summed E-state index contributed by atoms with van der Waals surface area (Å²) in [6.07, 6.45) is -0.0738. The quantitative estimate of drug-likeness (QED) is 0.714. The molecule has 0 aliphatic heterocycles. The third kappa shape index (κ3) is 5.69. The molecule has 134 valence electrons. The first-order valence-electron chi connectivity index (χ1n) is 8.04. The van der Waals surface area contributed by atoms with Gasteiger partial charge in [0, 0.05) is 18.4 Å². The van der Waals surface area contributed by atoms with Crippen molar-refractivity contribution in [2.75, 3.05) is 17.7 Å². The van der Waals surface area contributed by atoms with Crippen molar-refractivity contribution in [1.82, 2.24) is 0 Å². The first kappa shape index (κ1) is 18.6. The van der Waals surface area contributed by atoms with Crippen molar-refractivity contribution in [1.29, 1.82) is 0 Å². The van der Waals surface area contributed by atoms with E-state index in [0.29, 0.717) is 29.3 Å². The van der Waals surface area contributed by atoms with Crippen LogP contribution in [0.3, 0.4) is 0 Å². The van der Waals surface area contributed by atoms with Crippen molar-refractivity contribution in [2.45, 2.75) is 32.8 Å². The van der Waals surface area contributed by atoms with Crippen LogP contribution in [0.25, 0.3) is 0 Å². The van der Waals surface area contributed by atoms with Crippen LogP contribution in [0.15, 0.2) is 42.5 Å². The highest BCUT2D eigenvalue weighted by molar-refractivity contribution is 5.85. The molecule has 2 aromatic carbocycles. The van der Waals surface area contributed by atoms with E-state index in [9.17, 15) is 4.79 Å². The van der Waals surface area contributed by atoms with Crippen LogP contribution >= 0.6 is 0 Å². The van der Waals surface area contributed by atoms with E-state index in [0.717, 1.165) is 5.56 Å². The van der Waals surface area contributed by atoms with Gasteiger partial charge in [-0.25, -0.2) is 4.79 Å². The molecule has 0 aliphatic rings. The molecule has 1 amide bonds. The highest BCUT2D eigenvalue weighted by Crippen LogP contribution is 2.32. The zero-order chi connectivity index (χ0) is 18.4. The van der Waals surface area contributed by atoms with E-state index in [2.05, 4.69) is 5.32 Å². The fourth-order valence-corrected chi connectivity index (χ4v) is 2.17. The van der Waals surface area contributed by atoms with Crippen molar-refractivity contribution < 1.29 is 19.4 Å². The maximum atomic E-state index is 11.9. The lowest BCUT2D eigenvalue weighted by molar-refractivity contribution is 0.0636. The summed E-state index contributed by atoms with van der Waals surface area (Å²) in [5.41, 5.74) is 7.21. The maximum absolute atomic E-state index is 11.9. The molecule has 0 atom stereocenters. The monoisotopic (exact) mass is 344 g/mol. The van der Waals surface area contributed by atoms with Crippen LogP contribution in [0.4, 0.5) is 16.2 Å². The SMILES string of the molecule is CC(C)(C)OC(=O)Nc1ccc(N)c(Oc2ccccc2CCO)c1. The number of nitrogens with one attached hydrogen (secondary N) is 1. The Balaban J connectivity index is 2.18. The number of aliphatic hydroxyl groups is 1. The maximum Gasteiger partial charge on any atom is 0.412 e. The van der Waals surface area contributed by atoms with Gasteiger partial charge in [0.25, 0.3) is 0 Å². The van der Waals surface area contributed by atoms with Crippen LogP contribution in [0.1, 0.15) is 26.3 Å². The normalized spacial score (nSPS) is 11.0. The molecule has 4 N–H and O–H groups in total. The minimum absolute atomic E-state index is 0.0239. The van der Waals surface area contributed by atoms with Crippen molar-refractivity contribution in [3.8, 4) is 11.5 Å². The molecule has 6 heteroatoms. The van der Waals surface area contributed by atoms with Crippen LogP contribution in [0.2, 0.25) is 0 Å². The molecule has 0 radical (unpaired) electrons. The van der Waals surface area contributed by atoms with E-state index in [-0.39, 0.29) is 6.61 Å². The Labute approximate surface area is 147 Å². The molecule has 0 heterocycles. The van der Waals surface area contributed by atoms with E-state index in [1.165, 1.54) is 0 Å². The number of hydrogen-bond acceptors (Lipinski definition) is 5. The van der Waals surface area contributed by atoms with Gasteiger partial charge in [-0.2, -0.15) is 0 Å². The van der Waals surface area contributed by atoms with Gasteiger partial charge in [0.1, 0.15) is 11.4 Å². The average Bonchev–Trinajstić information content (AvgIpc) is 2.51. The number of anilines is 2. The highest BCUT2D eigenvalue weighted by Gasteiger charge is 2.17. The molecule has 0 saturated carbocycles. The van der Waals surface area contributed by atoms with Crippen LogP contribution in [-0.4, -0.2) is 23.4 Å². The van der Waals surface area contributed by atoms with E-state index in [1.807, 2.05) is 18.2 Å². The smallest absolute Gasteiger partial charge is 0.412 e. The number of amides is 1. The number of carbonyl (C=O) groups excluding carboxylic acids is 1. The third-order valence-corrected chi connectivity index (χ3v) is 3.23. The van der Waals surface area contributed by atoms with Gasteiger partial charge < -0.3 is 20.3 Å². The summed E-state index contributed by atoms with van der Waals surface area (Å²) in [5.74, 6) is 1.02. The molecule has 0 unspecified atom stereocenters. The molecule has 2 rings (SSSR count). The Hall–Kier alpha value is -2.73. The fourth-order valence-electron chi connectivity index (χ4n) is 2.17. The molecule has 0 spiro atoms. The number of ether oxygens (including phenoxy) is 2. The summed E-state index contributed by atoms with van der Waals surface area (Å²) in [6, 6.07) is 12.4. The molecule has 6 nitrogen and oxygen atoms in total. The first-order valence-corrected chi connectivity index (χ1v) is 8.04. The second kappa shape index (κ2) is 7.90. The molecule has 0 saturated heterocycles. The number of carbonyl (C=O) groups is 1. The van der Waals surface area contributed by atoms with Gasteiger partial charge in [-0.3, -0.25) is 5.32 Å². The number of nitrogen functional groups attached to an aromatic ring is 1. The number of benzene rings is 2. The summed E-state index contributed by atoms with van der Waals surface area (Å²) in [7, 11) is 0. The van der Waals surface area contributed by atoms with Gasteiger partial charge in [-0.15, -0.1) is 0 Å². The Bertz CT molecular complexity index is 738. The average molecular weight is 344 g/mol. The number of aliphatic hydroxyl groups excluding tert-OH is 1. The molecule has 0 aliphatic carbocycles. The predicted octanol–water partition coefficient (Wildman–Crippen LogP) is 3.94. The minimum atomic E-state index is -0.583. The summed E-state index contributed by atoms with van der Waals surface area (Å²) in [6.45, 7) is 5.41. The number of rotatable bonds is 5. The topological polar surface area (TPSA) is 93.8 Å². The lowest BCUT2D eigenvalue weighted by Crippen LogP contribution is -2.27. The van der Waals surface area contributed by atoms with E-state index >= 15 is 0 Å². The Morgan fingerprint density at radius 1 is 1.16 bits per heavy atom. The lowest BCUT2D eigenvalue weighted by atomic mass is 10.1. The first-order chi connectivity index (χ1) is 11.8. The Kier molecular flexibility index (Phi) is 5.88. The van der Waals surface area contributed by atoms with Crippen molar-refractivity contribution in [2.24, 2.45) is 0 Å². The molecular weight excluding hydrogens is 320 g/mol. The largest absolute Gasteiger partial charge is 0.455 e. The van der Waals surface area contributed by atoms with Gasteiger partial charge in [0.05, 0.1) is 5.69 Å². The number of nitrogens with two attached hydrogens (primary N) is 1. The number of hydrogen-bond donors (Lipinski definition) is 3. The van der Waals surface area contributed by atoms with Gasteiger partial charge in [0.2, 0.25) is 0 Å². The van der Waals surface area contributed by atoms with Crippen LogP contribution in [0.5, 0.6) is 11.5 Å². The zero-order valence-electron chi connectivity index (χ0n) is 14.7. The number of para-hydroxylation sites is 1. The second-order valence-corrected chi connectivity index (χ2v) is 6.56. The molecular formula is C19H24N2O4. The van der Waals surface area contributed by atoms with E-state index in [4.69, 9.17) is 20.3 Å². The Morgan fingerprint density at radius 3 is 2.56 bits per heavy atom. The molecule has 0 fully saturated rings. The van der Waals surface area contributed by atoms with Crippen molar-refractivity contribution >= 4 is 17.5 Å². The van der Waals surface area contributed by atoms with Gasteiger partial charge in [0.15, 0.2) is 5.75 Å². The van der Waals surface area contributed by atoms with E-state index in [1.54, 1.807) is 45.0 Å². The van der Waals surface area contributed by atoms with E-state index < -0.39 is 11.7 Å². The minimum Gasteiger partial charge on any atom is -0.455 e. The lowest BCUT2D eigenvalue weighted by Gasteiger charge is -2.20. The molecule has 0 aromatic heterocycles. The van der Waals surface area contributed by atoms with Crippen LogP contribution < -0.4 is 15.8 Å². The highest BCUT2D eigenvalue weighted by atomic mass is 16.6. The summed E-state index contributed by atoms with van der Waals surface area (Å²) < 4.78 is 11.1. The summed E-state index contributed by atoms with van der Waals surface area (Å²) in [5, 5.41) is 11.8. The zero-order valence-corrected chi connectivity index (χ0v) is 14.7. The Morgan fingerprint density at radius 2 is 1.88 bits per heavy atom. The molecule has 2 aromatic rings. The third-order valence-electron chi connectivity index (χ3n) is 3.23. The van der Waals surface area contributed by atoms with Gasteiger partial charge in [-0.1, -0.05) is 18.2 Å². The second-order valence-electron chi connectivity index (χ2n) is 6.56. The fraction of sp³-hybridized carbons (Fsp3) is 0.316. The van der Waals surface area contributed by atoms with Gasteiger partial charge in [-0.05, 0) is 51.0 Å².